The maximum Gasteiger partial charge on any atom is 0.460 e. The van der Waals surface area contributed by atoms with E-state index in [-0.39, 0.29) is 6.08 Å². The summed E-state index contributed by atoms with van der Waals surface area (Å²) in [5.74, 6) is -90.4. The molecule has 1 aliphatic rings. The van der Waals surface area contributed by atoms with Gasteiger partial charge in [0.2, 0.25) is 0 Å². The fourth-order valence-corrected chi connectivity index (χ4v) is 3.65. The van der Waals surface area contributed by atoms with Crippen LogP contribution in [0.4, 0.5) is 114 Å². The molecule has 306 valence electrons. The van der Waals surface area contributed by atoms with Crippen LogP contribution >= 0.6 is 0 Å². The second-order valence-corrected chi connectivity index (χ2v) is 10.4. The van der Waals surface area contributed by atoms with Gasteiger partial charge in [-0.1, -0.05) is 12.2 Å². The lowest BCUT2D eigenvalue weighted by Crippen LogP contribution is -2.70. The van der Waals surface area contributed by atoms with E-state index < -0.39 is 121 Å². The molecule has 1 rings (SSSR count). The third-order valence-electron chi connectivity index (χ3n) is 6.78. The third-order valence-corrected chi connectivity index (χ3v) is 6.78. The molecule has 2 atom stereocenters. The molecule has 30 heteroatoms. The van der Waals surface area contributed by atoms with Gasteiger partial charge in [-0.3, -0.25) is 9.59 Å². The molecule has 0 saturated heterocycles. The molecule has 0 amide bonds. The second-order valence-electron chi connectivity index (χ2n) is 10.4. The Morgan fingerprint density at radius 2 is 0.731 bits per heavy atom. The van der Waals surface area contributed by atoms with Gasteiger partial charge < -0.3 is 9.47 Å². The van der Waals surface area contributed by atoms with E-state index in [1.54, 1.807) is 0 Å². The summed E-state index contributed by atoms with van der Waals surface area (Å²) in [6.07, 6.45) is -16.4. The highest BCUT2D eigenvalue weighted by Crippen LogP contribution is 2.62. The Morgan fingerprint density at radius 1 is 0.442 bits per heavy atom. The molecule has 0 aromatic rings. The lowest BCUT2D eigenvalue weighted by atomic mass is 9.84. The van der Waals surface area contributed by atoms with Crippen LogP contribution in [0.2, 0.25) is 0 Å². The zero-order chi connectivity index (χ0) is 42.0. The number of esters is 2. The Balaban J connectivity index is 3.27. The molecule has 0 heterocycles. The highest BCUT2D eigenvalue weighted by atomic mass is 19.4. The van der Waals surface area contributed by atoms with Crippen molar-refractivity contribution in [1.82, 2.24) is 0 Å². The van der Waals surface area contributed by atoms with Crippen LogP contribution in [0.1, 0.15) is 12.8 Å². The molecule has 0 bridgehead atoms. The molecule has 1 aliphatic carbocycles. The van der Waals surface area contributed by atoms with Crippen LogP contribution in [0.25, 0.3) is 0 Å². The summed E-state index contributed by atoms with van der Waals surface area (Å²) in [6.45, 7) is -7.31. The lowest BCUT2D eigenvalue weighted by molar-refractivity contribution is -0.441. The van der Waals surface area contributed by atoms with Gasteiger partial charge in [-0.05, 0) is 12.8 Å². The largest absolute Gasteiger partial charge is 0.460 e. The van der Waals surface area contributed by atoms with Gasteiger partial charge in [-0.25, -0.2) is 0 Å². The maximum absolute atomic E-state index is 13.9. The molecular formula is C22H12F26O4. The smallest absolute Gasteiger partial charge is 0.459 e. The highest BCUT2D eigenvalue weighted by Gasteiger charge is 2.92. The average molecular weight is 834 g/mol. The Labute approximate surface area is 268 Å². The van der Waals surface area contributed by atoms with Crippen molar-refractivity contribution in [2.24, 2.45) is 11.8 Å². The van der Waals surface area contributed by atoms with E-state index in [1.807, 2.05) is 0 Å². The van der Waals surface area contributed by atoms with E-state index in [0.717, 1.165) is 0 Å². The number of alkyl halides is 26. The first-order valence-electron chi connectivity index (χ1n) is 12.4. The molecular weight excluding hydrogens is 822 g/mol. The van der Waals surface area contributed by atoms with E-state index >= 15 is 0 Å². The molecule has 0 saturated carbocycles. The summed E-state index contributed by atoms with van der Waals surface area (Å²) in [6, 6.07) is 0. The molecule has 0 radical (unpaired) electrons. The van der Waals surface area contributed by atoms with Crippen molar-refractivity contribution in [2.75, 3.05) is 13.2 Å². The van der Waals surface area contributed by atoms with Gasteiger partial charge >= 0.3 is 83.5 Å². The summed E-state index contributed by atoms with van der Waals surface area (Å²) >= 11 is 0. The SMILES string of the molecule is O=C(OCC(F)(F)C(F)(F)C(F)(F)C(F)(F)C(F)(F)C(F)(F)F)C1C=CCCC1C(=O)OCC(F)(F)C(F)(F)C(F)(F)C(F)(F)C(F)(F)C(F)(F)F. The predicted octanol–water partition coefficient (Wildman–Crippen LogP) is 9.13. The number of rotatable bonds is 14. The Hall–Kier alpha value is -3.14. The predicted molar refractivity (Wildman–Crippen MR) is 109 cm³/mol. The van der Waals surface area contributed by atoms with Gasteiger partial charge in [0, 0.05) is 0 Å². The number of hydrogen-bond acceptors (Lipinski definition) is 4. The van der Waals surface area contributed by atoms with Crippen LogP contribution in [-0.4, -0.2) is 96.7 Å². The standard InChI is InChI=1S/C22H12F26O4/c23-11(24,13(27,28)15(31,32)17(35,36)19(39,40)21(43,44)45)5-51-9(49)7-3-1-2-4-8(7)10(50)52-6-12(25,26)14(29,30)16(33,34)18(37,38)20(41,42)22(46,47)48/h1,3,7-8H,2,4-6H2. The number of carbonyl (C=O) groups is 2. The monoisotopic (exact) mass is 834 g/mol. The van der Waals surface area contributed by atoms with E-state index in [9.17, 15) is 124 Å². The van der Waals surface area contributed by atoms with Crippen molar-refractivity contribution in [1.29, 1.82) is 0 Å². The maximum atomic E-state index is 13.9. The quantitative estimate of drug-likeness (QED) is 0.0997. The van der Waals surface area contributed by atoms with Crippen molar-refractivity contribution in [3.8, 4) is 0 Å². The fourth-order valence-electron chi connectivity index (χ4n) is 3.65. The Morgan fingerprint density at radius 3 is 1.04 bits per heavy atom. The van der Waals surface area contributed by atoms with Crippen LogP contribution in [0.3, 0.4) is 0 Å². The summed E-state index contributed by atoms with van der Waals surface area (Å²) in [5, 5.41) is 0. The van der Waals surface area contributed by atoms with Crippen molar-refractivity contribution < 1.29 is 133 Å². The fraction of sp³-hybridized carbons (Fsp3) is 0.818. The third kappa shape index (κ3) is 7.09. The number of hydrogen-bond donors (Lipinski definition) is 0. The molecule has 2 unspecified atom stereocenters. The minimum Gasteiger partial charge on any atom is -0.459 e. The zero-order valence-corrected chi connectivity index (χ0v) is 23.6. The summed E-state index contributed by atoms with van der Waals surface area (Å²) in [4.78, 5) is 24.3. The summed E-state index contributed by atoms with van der Waals surface area (Å²) < 4.78 is 350. The van der Waals surface area contributed by atoms with E-state index in [2.05, 4.69) is 9.47 Å². The molecule has 4 nitrogen and oxygen atoms in total. The molecule has 0 N–H and O–H groups in total. The molecule has 0 aromatic carbocycles. The normalized spacial score (nSPS) is 19.8. The van der Waals surface area contributed by atoms with Gasteiger partial charge in [0.15, 0.2) is 13.2 Å². The number of carbonyl (C=O) groups excluding carboxylic acids is 2. The Kier molecular flexibility index (Phi) is 12.0. The van der Waals surface area contributed by atoms with Crippen LogP contribution in [0.5, 0.6) is 0 Å². The van der Waals surface area contributed by atoms with E-state index in [0.29, 0.717) is 6.08 Å². The summed E-state index contributed by atoms with van der Waals surface area (Å²) in [5.41, 5.74) is 0. The van der Waals surface area contributed by atoms with Crippen LogP contribution in [0.15, 0.2) is 12.2 Å². The number of halogens is 26. The lowest BCUT2D eigenvalue weighted by Gasteiger charge is -2.39. The van der Waals surface area contributed by atoms with Gasteiger partial charge in [0.25, 0.3) is 0 Å². The topological polar surface area (TPSA) is 52.6 Å². The van der Waals surface area contributed by atoms with Crippen LogP contribution in [0, 0.1) is 11.8 Å². The zero-order valence-electron chi connectivity index (χ0n) is 23.6. The summed E-state index contributed by atoms with van der Waals surface area (Å²) in [7, 11) is 0. The van der Waals surface area contributed by atoms with Crippen molar-refractivity contribution in [3.05, 3.63) is 12.2 Å². The van der Waals surface area contributed by atoms with Crippen LogP contribution in [-0.2, 0) is 19.1 Å². The van der Waals surface area contributed by atoms with E-state index in [1.165, 1.54) is 0 Å². The van der Waals surface area contributed by atoms with Gasteiger partial charge in [0.1, 0.15) is 0 Å². The first-order valence-corrected chi connectivity index (χ1v) is 12.4. The van der Waals surface area contributed by atoms with E-state index in [4.69, 9.17) is 0 Å². The van der Waals surface area contributed by atoms with Gasteiger partial charge in [0.05, 0.1) is 11.8 Å². The highest BCUT2D eigenvalue weighted by molar-refractivity contribution is 5.84. The number of ether oxygens (including phenoxy) is 2. The van der Waals surface area contributed by atoms with Crippen molar-refractivity contribution >= 4 is 11.9 Å². The molecule has 0 aliphatic heterocycles. The average Bonchev–Trinajstić information content (AvgIpc) is 2.96. The molecule has 0 aromatic heterocycles. The molecule has 52 heavy (non-hydrogen) atoms. The minimum absolute atomic E-state index is 0.210. The first-order chi connectivity index (χ1) is 22.5. The van der Waals surface area contributed by atoms with Crippen LogP contribution < -0.4 is 0 Å². The van der Waals surface area contributed by atoms with Gasteiger partial charge in [-0.2, -0.15) is 114 Å². The van der Waals surface area contributed by atoms with Crippen molar-refractivity contribution in [3.63, 3.8) is 0 Å². The number of allylic oxidation sites excluding steroid dienone is 1. The molecule has 0 spiro atoms. The van der Waals surface area contributed by atoms with Gasteiger partial charge in [-0.15, -0.1) is 0 Å². The minimum atomic E-state index is -8.37. The first kappa shape index (κ1) is 46.9. The second kappa shape index (κ2) is 13.3. The molecule has 0 fully saturated rings. The Bertz CT molecular complexity index is 1340. The van der Waals surface area contributed by atoms with Crippen molar-refractivity contribution in [2.45, 2.75) is 84.4 Å².